The lowest BCUT2D eigenvalue weighted by Crippen LogP contribution is -2.46. The summed E-state index contributed by atoms with van der Waals surface area (Å²) in [5.41, 5.74) is 7.21. The second-order valence-electron chi connectivity index (χ2n) is 20.9. The molecule has 2 atom stereocenters. The van der Waals surface area contributed by atoms with Crippen molar-refractivity contribution in [2.45, 2.75) is 104 Å². The molecule has 3 aliphatic rings. The number of aryl methyl sites for hydroxylation is 1. The number of imide groups is 1. The van der Waals surface area contributed by atoms with Gasteiger partial charge in [0.25, 0.3) is 5.91 Å². The number of rotatable bonds is 14. The number of nitrogens with zero attached hydrogens (tertiary/aromatic N) is 6. The first kappa shape index (κ1) is 51.0. The molecular formula is C58H63N9O7S. The number of likely N-dealkylation sites (tertiary alicyclic amines) is 1. The van der Waals surface area contributed by atoms with Crippen LogP contribution < -0.4 is 25.6 Å². The Balaban J connectivity index is 0.757. The molecule has 3 aliphatic heterocycles. The van der Waals surface area contributed by atoms with Crippen LogP contribution in [-0.2, 0) is 39.1 Å². The highest BCUT2D eigenvalue weighted by Gasteiger charge is 2.34. The topological polar surface area (TPSA) is 190 Å². The maximum Gasteiger partial charge on any atom is 0.358 e. The number of piperidine rings is 2. The van der Waals surface area contributed by atoms with Gasteiger partial charge in [0.2, 0.25) is 17.7 Å². The molecule has 0 radical (unpaired) electrons. The third-order valence-corrected chi connectivity index (χ3v) is 15.7. The molecule has 6 heterocycles. The van der Waals surface area contributed by atoms with Crippen LogP contribution >= 0.6 is 11.3 Å². The number of carbonyl (C=O) groups excluding carboxylic acids is 5. The molecule has 3 N–H and O–H groups in total. The largest absolute Gasteiger partial charge is 0.493 e. The summed E-state index contributed by atoms with van der Waals surface area (Å²) in [6.45, 7) is 12.7. The Morgan fingerprint density at radius 1 is 0.867 bits per heavy atom. The molecular weight excluding hydrogens is 967 g/mol. The number of hydrogen-bond acceptors (Lipinski definition) is 13. The van der Waals surface area contributed by atoms with Crippen LogP contribution in [0.15, 0.2) is 91.0 Å². The lowest BCUT2D eigenvalue weighted by molar-refractivity contribution is -0.134. The summed E-state index contributed by atoms with van der Waals surface area (Å²) in [6.07, 6.45) is 5.16. The number of thiazole rings is 1. The Bertz CT molecular complexity index is 3320. The molecule has 0 saturated carbocycles. The van der Waals surface area contributed by atoms with E-state index in [1.54, 1.807) is 11.7 Å². The monoisotopic (exact) mass is 1030 g/mol. The Morgan fingerprint density at radius 3 is 2.44 bits per heavy atom. The highest BCUT2D eigenvalue weighted by Crippen LogP contribution is 2.37. The maximum atomic E-state index is 14.1. The van der Waals surface area contributed by atoms with Crippen molar-refractivity contribution in [1.82, 2.24) is 30.0 Å². The minimum Gasteiger partial charge on any atom is -0.493 e. The second-order valence-corrected chi connectivity index (χ2v) is 21.9. The van der Waals surface area contributed by atoms with Gasteiger partial charge < -0.3 is 19.7 Å². The number of carbonyl (C=O) groups is 5. The molecule has 17 heteroatoms. The molecule has 0 aliphatic carbocycles. The Hall–Kier alpha value is -7.50. The lowest BCUT2D eigenvalue weighted by atomic mass is 9.91. The van der Waals surface area contributed by atoms with Crippen molar-refractivity contribution in [1.29, 1.82) is 0 Å². The molecule has 7 aromatic rings. The van der Waals surface area contributed by atoms with Gasteiger partial charge in [0, 0.05) is 43.1 Å². The first-order chi connectivity index (χ1) is 36.1. The van der Waals surface area contributed by atoms with Crippen LogP contribution in [0.1, 0.15) is 115 Å². The first-order valence-corrected chi connectivity index (χ1v) is 26.7. The highest BCUT2D eigenvalue weighted by molar-refractivity contribution is 7.22. The Morgan fingerprint density at radius 2 is 1.65 bits per heavy atom. The van der Waals surface area contributed by atoms with Crippen molar-refractivity contribution in [3.8, 4) is 16.9 Å². The molecule has 0 bridgehead atoms. The van der Waals surface area contributed by atoms with Gasteiger partial charge in [0.05, 0.1) is 45.7 Å². The Labute approximate surface area is 440 Å². The number of hydrogen-bond donors (Lipinski definition) is 3. The zero-order valence-corrected chi connectivity index (χ0v) is 44.1. The normalized spacial score (nSPS) is 16.9. The predicted molar refractivity (Wildman–Crippen MR) is 291 cm³/mol. The fourth-order valence-electron chi connectivity index (χ4n) is 10.7. The number of pyridine rings is 1. The van der Waals surface area contributed by atoms with Gasteiger partial charge in [0.15, 0.2) is 10.8 Å². The molecule has 16 nitrogen and oxygen atoms in total. The second kappa shape index (κ2) is 21.4. The third kappa shape index (κ3) is 11.0. The summed E-state index contributed by atoms with van der Waals surface area (Å²) in [4.78, 5) is 80.1. The summed E-state index contributed by atoms with van der Waals surface area (Å²) < 4.78 is 15.1. The summed E-state index contributed by atoms with van der Waals surface area (Å²) in [7, 11) is 1.80. The van der Waals surface area contributed by atoms with E-state index in [2.05, 4.69) is 41.9 Å². The minimum atomic E-state index is -0.754. The van der Waals surface area contributed by atoms with Crippen LogP contribution in [0.5, 0.6) is 5.75 Å². The van der Waals surface area contributed by atoms with E-state index in [0.29, 0.717) is 71.9 Å². The van der Waals surface area contributed by atoms with Gasteiger partial charge in [-0.15, -0.1) is 0 Å². The number of amides is 4. The zero-order chi connectivity index (χ0) is 52.5. The zero-order valence-electron chi connectivity index (χ0n) is 43.3. The molecule has 2 saturated heterocycles. The van der Waals surface area contributed by atoms with Crippen molar-refractivity contribution >= 4 is 78.7 Å². The van der Waals surface area contributed by atoms with Crippen molar-refractivity contribution in [2.75, 3.05) is 41.8 Å². The van der Waals surface area contributed by atoms with Crippen LogP contribution in [0, 0.1) is 12.8 Å². The predicted octanol–water partition coefficient (Wildman–Crippen LogP) is 9.74. The average Bonchev–Trinajstić information content (AvgIpc) is 3.97. The van der Waals surface area contributed by atoms with Crippen LogP contribution in [0.25, 0.3) is 32.2 Å². The molecule has 4 amide bonds. The van der Waals surface area contributed by atoms with Crippen LogP contribution in [0.3, 0.4) is 0 Å². The fourth-order valence-corrected chi connectivity index (χ4v) is 11.6. The number of esters is 1. The third-order valence-electron chi connectivity index (χ3n) is 14.7. The van der Waals surface area contributed by atoms with Crippen LogP contribution in [-0.4, -0.2) is 92.1 Å². The highest BCUT2D eigenvalue weighted by atomic mass is 32.1. The van der Waals surface area contributed by atoms with Gasteiger partial charge in [0.1, 0.15) is 17.2 Å². The fraction of sp³-hybridized carbons (Fsp3) is 0.379. The van der Waals surface area contributed by atoms with E-state index in [4.69, 9.17) is 14.5 Å². The van der Waals surface area contributed by atoms with E-state index in [-0.39, 0.29) is 41.8 Å². The van der Waals surface area contributed by atoms with E-state index in [0.717, 1.165) is 87.9 Å². The van der Waals surface area contributed by atoms with E-state index in [1.807, 2.05) is 120 Å². The number of aromatic nitrogens is 4. The summed E-state index contributed by atoms with van der Waals surface area (Å²) in [5, 5.41) is 14.6. The minimum absolute atomic E-state index is 0.104. The van der Waals surface area contributed by atoms with Crippen molar-refractivity contribution < 1.29 is 33.4 Å². The summed E-state index contributed by atoms with van der Waals surface area (Å²) in [5.74, 6) is -0.145. The number of benzene rings is 4. The molecule has 0 spiro atoms. The standard InChI is InChI=1S/C58H63N9O7S/c1-34-38(39-22-24-48(61-51(39)56(72)74-58(3,4)5)67-31-28-37-14-9-16-40(43(37)33-67)54(70)63-57-60-44-18-7-8-21-47(44)75-57)15-11-20-46(34)73-32-12-13-36-26-29-66(30-27-36)35(2)53(69)59-45-19-10-17-41-50(64-65(6)52(41)45)42-23-25-49(68)62-55(42)71/h7-11,14-22,24,35-36,42H,12-13,23,25-33H2,1-6H3,(H,59,69)(H,60,63,70)(H,62,68,71). The lowest BCUT2D eigenvalue weighted by Gasteiger charge is -2.35. The van der Waals surface area contributed by atoms with E-state index >= 15 is 0 Å². The number of nitrogens with one attached hydrogen (secondary N) is 3. The Kier molecular flexibility index (Phi) is 14.5. The molecule has 388 valence electrons. The number of anilines is 3. The molecule has 2 unspecified atom stereocenters. The van der Waals surface area contributed by atoms with Gasteiger partial charge >= 0.3 is 5.97 Å². The molecule has 75 heavy (non-hydrogen) atoms. The maximum absolute atomic E-state index is 14.1. The van der Waals surface area contributed by atoms with Gasteiger partial charge in [-0.3, -0.25) is 39.4 Å². The summed E-state index contributed by atoms with van der Waals surface area (Å²) >= 11 is 1.44. The van der Waals surface area contributed by atoms with Gasteiger partial charge in [-0.1, -0.05) is 59.9 Å². The molecule has 10 rings (SSSR count). The molecule has 4 aromatic carbocycles. The van der Waals surface area contributed by atoms with Gasteiger partial charge in [-0.2, -0.15) is 5.10 Å². The van der Waals surface area contributed by atoms with Gasteiger partial charge in [-0.25, -0.2) is 14.8 Å². The number of fused-ring (bicyclic) bond motifs is 3. The van der Waals surface area contributed by atoms with E-state index in [1.165, 1.54) is 11.3 Å². The van der Waals surface area contributed by atoms with Crippen molar-refractivity contribution in [3.63, 3.8) is 0 Å². The number of para-hydroxylation sites is 2. The van der Waals surface area contributed by atoms with E-state index in [9.17, 15) is 24.0 Å². The number of ether oxygens (including phenoxy) is 2. The van der Waals surface area contributed by atoms with Crippen LogP contribution in [0.4, 0.5) is 16.6 Å². The quantitative estimate of drug-likeness (QED) is 0.0532. The smallest absolute Gasteiger partial charge is 0.358 e. The summed E-state index contributed by atoms with van der Waals surface area (Å²) in [6, 6.07) is 28.7. The van der Waals surface area contributed by atoms with Crippen molar-refractivity contribution in [3.05, 3.63) is 125 Å². The van der Waals surface area contributed by atoms with Crippen molar-refractivity contribution in [2.24, 2.45) is 13.0 Å². The SMILES string of the molecule is Cc1c(OCCCC2CCN(C(C)C(=O)Nc3cccc4c(C5CCC(=O)NC5=O)nn(C)c34)CC2)cccc1-c1ccc(N2CCc3cccc(C(=O)Nc4nc5ccccc5s4)c3C2)nc1C(=O)OC(C)(C)C. The van der Waals surface area contributed by atoms with Crippen LogP contribution in [0.2, 0.25) is 0 Å². The average molecular weight is 1030 g/mol. The molecule has 2 fully saturated rings. The van der Waals surface area contributed by atoms with Gasteiger partial charge in [-0.05, 0) is 157 Å². The van der Waals surface area contributed by atoms with E-state index < -0.39 is 17.5 Å². The molecule has 3 aromatic heterocycles. The first-order valence-electron chi connectivity index (χ1n) is 25.9.